The van der Waals surface area contributed by atoms with E-state index in [1.54, 1.807) is 4.68 Å². The number of ether oxygens (including phenoxy) is 1. The van der Waals surface area contributed by atoms with Crippen LogP contribution in [0.1, 0.15) is 44.8 Å². The van der Waals surface area contributed by atoms with Crippen LogP contribution in [0.2, 0.25) is 0 Å². The molecule has 0 spiro atoms. The van der Waals surface area contributed by atoms with E-state index in [-0.39, 0.29) is 6.04 Å². The van der Waals surface area contributed by atoms with Crippen molar-refractivity contribution in [3.8, 4) is 0 Å². The summed E-state index contributed by atoms with van der Waals surface area (Å²) >= 11 is 0. The Kier molecular flexibility index (Phi) is 6.03. The van der Waals surface area contributed by atoms with Crippen molar-refractivity contribution in [2.45, 2.75) is 45.7 Å². The molecular formula is C11H22N4O. The number of nitrogens with two attached hydrogens (primary N) is 1. The van der Waals surface area contributed by atoms with Gasteiger partial charge < -0.3 is 10.5 Å². The fraction of sp³-hybridized carbons (Fsp3) is 0.818. The molecule has 2 N–H and O–H groups in total. The third kappa shape index (κ3) is 4.28. The SMILES string of the molecule is CCCOCCn1cc(C(N)CCC)nn1. The first kappa shape index (κ1) is 13.1. The molecule has 0 saturated heterocycles. The zero-order valence-electron chi connectivity index (χ0n) is 10.2. The third-order valence-corrected chi connectivity index (χ3v) is 2.35. The Hall–Kier alpha value is -0.940. The molecule has 5 nitrogen and oxygen atoms in total. The van der Waals surface area contributed by atoms with E-state index in [0.29, 0.717) is 6.61 Å². The lowest BCUT2D eigenvalue weighted by molar-refractivity contribution is 0.124. The Morgan fingerprint density at radius 2 is 2.19 bits per heavy atom. The summed E-state index contributed by atoms with van der Waals surface area (Å²) in [7, 11) is 0. The molecule has 0 aliphatic rings. The van der Waals surface area contributed by atoms with E-state index in [0.717, 1.165) is 38.1 Å². The Morgan fingerprint density at radius 1 is 1.38 bits per heavy atom. The Balaban J connectivity index is 2.33. The van der Waals surface area contributed by atoms with Crippen molar-refractivity contribution in [1.29, 1.82) is 0 Å². The van der Waals surface area contributed by atoms with E-state index in [1.165, 1.54) is 0 Å². The highest BCUT2D eigenvalue weighted by Gasteiger charge is 2.09. The summed E-state index contributed by atoms with van der Waals surface area (Å²) in [4.78, 5) is 0. The van der Waals surface area contributed by atoms with Crippen molar-refractivity contribution in [2.75, 3.05) is 13.2 Å². The molecule has 1 aromatic heterocycles. The third-order valence-electron chi connectivity index (χ3n) is 2.35. The van der Waals surface area contributed by atoms with E-state index < -0.39 is 0 Å². The van der Waals surface area contributed by atoms with E-state index in [1.807, 2.05) is 6.20 Å². The van der Waals surface area contributed by atoms with E-state index in [9.17, 15) is 0 Å². The molecule has 1 unspecified atom stereocenters. The van der Waals surface area contributed by atoms with Crippen LogP contribution in [0.3, 0.4) is 0 Å². The molecule has 0 saturated carbocycles. The van der Waals surface area contributed by atoms with Crippen LogP contribution in [-0.4, -0.2) is 28.2 Å². The maximum absolute atomic E-state index is 5.95. The van der Waals surface area contributed by atoms with Crippen molar-refractivity contribution < 1.29 is 4.74 Å². The van der Waals surface area contributed by atoms with Crippen LogP contribution in [0.15, 0.2) is 6.20 Å². The number of rotatable bonds is 8. The van der Waals surface area contributed by atoms with Crippen LogP contribution in [-0.2, 0) is 11.3 Å². The monoisotopic (exact) mass is 226 g/mol. The second kappa shape index (κ2) is 7.35. The summed E-state index contributed by atoms with van der Waals surface area (Å²) < 4.78 is 7.18. The van der Waals surface area contributed by atoms with Crippen LogP contribution < -0.4 is 5.73 Å². The van der Waals surface area contributed by atoms with Gasteiger partial charge in [0.2, 0.25) is 0 Å². The largest absolute Gasteiger partial charge is 0.380 e. The maximum Gasteiger partial charge on any atom is 0.0994 e. The number of hydrogen-bond donors (Lipinski definition) is 1. The van der Waals surface area contributed by atoms with Crippen molar-refractivity contribution >= 4 is 0 Å². The molecule has 0 aromatic carbocycles. The molecule has 0 aliphatic heterocycles. The van der Waals surface area contributed by atoms with Gasteiger partial charge in [-0.2, -0.15) is 0 Å². The molecule has 16 heavy (non-hydrogen) atoms. The quantitative estimate of drug-likeness (QED) is 0.682. The van der Waals surface area contributed by atoms with Crippen LogP contribution in [0.4, 0.5) is 0 Å². The molecule has 1 aromatic rings. The Labute approximate surface area is 97.0 Å². The smallest absolute Gasteiger partial charge is 0.0994 e. The molecule has 0 aliphatic carbocycles. The first-order chi connectivity index (χ1) is 7.77. The van der Waals surface area contributed by atoms with Crippen LogP contribution in [0, 0.1) is 0 Å². The van der Waals surface area contributed by atoms with Gasteiger partial charge in [-0.3, -0.25) is 0 Å². The van der Waals surface area contributed by atoms with Gasteiger partial charge in [0, 0.05) is 6.61 Å². The minimum Gasteiger partial charge on any atom is -0.380 e. The molecule has 0 amide bonds. The summed E-state index contributed by atoms with van der Waals surface area (Å²) in [5, 5.41) is 8.09. The molecule has 0 bridgehead atoms. The molecular weight excluding hydrogens is 204 g/mol. The minimum absolute atomic E-state index is 0.00955. The lowest BCUT2D eigenvalue weighted by Crippen LogP contribution is -2.10. The zero-order chi connectivity index (χ0) is 11.8. The van der Waals surface area contributed by atoms with Gasteiger partial charge in [-0.05, 0) is 12.8 Å². The number of hydrogen-bond acceptors (Lipinski definition) is 4. The minimum atomic E-state index is 0.00955. The lowest BCUT2D eigenvalue weighted by Gasteiger charge is -2.04. The molecule has 0 fully saturated rings. The van der Waals surface area contributed by atoms with Crippen LogP contribution >= 0.6 is 0 Å². The molecule has 0 radical (unpaired) electrons. The van der Waals surface area contributed by atoms with Crippen LogP contribution in [0.25, 0.3) is 0 Å². The average Bonchev–Trinajstić information content (AvgIpc) is 2.73. The van der Waals surface area contributed by atoms with E-state index in [2.05, 4.69) is 24.2 Å². The Morgan fingerprint density at radius 3 is 2.88 bits per heavy atom. The first-order valence-corrected chi connectivity index (χ1v) is 6.01. The van der Waals surface area contributed by atoms with Crippen molar-refractivity contribution in [3.63, 3.8) is 0 Å². The van der Waals surface area contributed by atoms with Gasteiger partial charge in [-0.1, -0.05) is 25.5 Å². The fourth-order valence-electron chi connectivity index (χ4n) is 1.46. The second-order valence-corrected chi connectivity index (χ2v) is 3.91. The molecule has 92 valence electrons. The lowest BCUT2D eigenvalue weighted by atomic mass is 10.1. The van der Waals surface area contributed by atoms with Gasteiger partial charge in [-0.25, -0.2) is 4.68 Å². The number of nitrogens with zero attached hydrogens (tertiary/aromatic N) is 3. The summed E-state index contributed by atoms with van der Waals surface area (Å²) in [6.07, 6.45) is 4.97. The van der Waals surface area contributed by atoms with Gasteiger partial charge in [0.15, 0.2) is 0 Å². The van der Waals surface area contributed by atoms with Gasteiger partial charge in [0.25, 0.3) is 0 Å². The predicted molar refractivity (Wildman–Crippen MR) is 63.0 cm³/mol. The molecule has 1 atom stereocenters. The van der Waals surface area contributed by atoms with E-state index in [4.69, 9.17) is 10.5 Å². The summed E-state index contributed by atoms with van der Waals surface area (Å²) in [5.41, 5.74) is 6.82. The summed E-state index contributed by atoms with van der Waals surface area (Å²) in [6, 6.07) is 0.00955. The van der Waals surface area contributed by atoms with Gasteiger partial charge >= 0.3 is 0 Å². The van der Waals surface area contributed by atoms with E-state index >= 15 is 0 Å². The highest BCUT2D eigenvalue weighted by Crippen LogP contribution is 2.11. The molecule has 1 heterocycles. The predicted octanol–water partition coefficient (Wildman–Crippen LogP) is 1.50. The molecule has 5 heteroatoms. The normalized spacial score (nSPS) is 12.9. The summed E-state index contributed by atoms with van der Waals surface area (Å²) in [6.45, 7) is 6.43. The first-order valence-electron chi connectivity index (χ1n) is 6.01. The topological polar surface area (TPSA) is 66.0 Å². The van der Waals surface area contributed by atoms with Gasteiger partial charge in [0.05, 0.1) is 31.1 Å². The van der Waals surface area contributed by atoms with Crippen molar-refractivity contribution in [1.82, 2.24) is 15.0 Å². The van der Waals surface area contributed by atoms with Crippen LogP contribution in [0.5, 0.6) is 0 Å². The Bertz CT molecular complexity index is 287. The van der Waals surface area contributed by atoms with Gasteiger partial charge in [-0.15, -0.1) is 5.10 Å². The molecule has 1 rings (SSSR count). The maximum atomic E-state index is 5.95. The average molecular weight is 226 g/mol. The fourth-order valence-corrected chi connectivity index (χ4v) is 1.46. The summed E-state index contributed by atoms with van der Waals surface area (Å²) in [5.74, 6) is 0. The van der Waals surface area contributed by atoms with Crippen molar-refractivity contribution in [2.24, 2.45) is 5.73 Å². The van der Waals surface area contributed by atoms with Gasteiger partial charge in [0.1, 0.15) is 0 Å². The highest BCUT2D eigenvalue weighted by molar-refractivity contribution is 4.99. The van der Waals surface area contributed by atoms with Crippen molar-refractivity contribution in [3.05, 3.63) is 11.9 Å². The second-order valence-electron chi connectivity index (χ2n) is 3.91. The number of aromatic nitrogens is 3. The standard InChI is InChI=1S/C11H22N4O/c1-3-5-10(12)11-9-15(14-13-11)6-8-16-7-4-2/h9-10H,3-8,12H2,1-2H3. The zero-order valence-corrected chi connectivity index (χ0v) is 10.2. The highest BCUT2D eigenvalue weighted by atomic mass is 16.5.